The van der Waals surface area contributed by atoms with Crippen molar-refractivity contribution in [2.75, 3.05) is 18.2 Å². The van der Waals surface area contributed by atoms with Crippen LogP contribution >= 0.6 is 0 Å². The number of nitrogens with two attached hydrogens (primary N) is 1. The molecule has 0 amide bonds. The highest BCUT2D eigenvalue weighted by molar-refractivity contribution is 6.04. The summed E-state index contributed by atoms with van der Waals surface area (Å²) in [5, 5.41) is 4.44. The second-order valence-electron chi connectivity index (χ2n) is 7.91. The Morgan fingerprint density at radius 1 is 0.788 bits per heavy atom. The lowest BCUT2D eigenvalue weighted by Gasteiger charge is -2.16. The Balaban J connectivity index is 1.56. The van der Waals surface area contributed by atoms with Crippen LogP contribution in [0.3, 0.4) is 0 Å². The molecule has 0 saturated heterocycles. The molecule has 4 aromatic carbocycles. The van der Waals surface area contributed by atoms with Crippen molar-refractivity contribution < 1.29 is 4.74 Å². The van der Waals surface area contributed by atoms with Gasteiger partial charge in [-0.15, -0.1) is 0 Å². The maximum atomic E-state index is 6.82. The summed E-state index contributed by atoms with van der Waals surface area (Å²) in [4.78, 5) is 5.04. The summed E-state index contributed by atoms with van der Waals surface area (Å²) >= 11 is 0. The second kappa shape index (κ2) is 9.05. The van der Waals surface area contributed by atoms with E-state index in [1.165, 1.54) is 5.56 Å². The SMILES string of the molecule is COc1ccc(CNc2ccc3nc(-c4ccccc4)c(-c4ccccc4)c(N)c3c2)cc1. The number of nitrogens with one attached hydrogen (secondary N) is 1. The van der Waals surface area contributed by atoms with Gasteiger partial charge < -0.3 is 15.8 Å². The van der Waals surface area contributed by atoms with Gasteiger partial charge in [0.2, 0.25) is 0 Å². The average Bonchev–Trinajstić information content (AvgIpc) is 2.89. The van der Waals surface area contributed by atoms with Crippen molar-refractivity contribution in [2.45, 2.75) is 6.54 Å². The van der Waals surface area contributed by atoms with Crippen LogP contribution in [0.2, 0.25) is 0 Å². The molecule has 0 aliphatic carbocycles. The smallest absolute Gasteiger partial charge is 0.118 e. The normalized spacial score (nSPS) is 10.8. The van der Waals surface area contributed by atoms with E-state index in [-0.39, 0.29) is 0 Å². The zero-order valence-corrected chi connectivity index (χ0v) is 18.5. The van der Waals surface area contributed by atoms with Gasteiger partial charge in [-0.2, -0.15) is 0 Å². The molecule has 3 N–H and O–H groups in total. The molecule has 4 heteroatoms. The second-order valence-corrected chi connectivity index (χ2v) is 7.91. The van der Waals surface area contributed by atoms with Gasteiger partial charge in [-0.05, 0) is 41.5 Å². The Labute approximate surface area is 193 Å². The first-order chi connectivity index (χ1) is 16.2. The van der Waals surface area contributed by atoms with Crippen molar-refractivity contribution >= 4 is 22.3 Å². The molecule has 0 bridgehead atoms. The van der Waals surface area contributed by atoms with Crippen molar-refractivity contribution in [3.8, 4) is 28.1 Å². The molecule has 5 aromatic rings. The van der Waals surface area contributed by atoms with E-state index in [4.69, 9.17) is 15.5 Å². The van der Waals surface area contributed by atoms with Crippen LogP contribution in [-0.4, -0.2) is 12.1 Å². The third kappa shape index (κ3) is 4.23. The topological polar surface area (TPSA) is 60.2 Å². The number of pyridine rings is 1. The highest BCUT2D eigenvalue weighted by atomic mass is 16.5. The van der Waals surface area contributed by atoms with E-state index in [1.807, 2.05) is 54.6 Å². The van der Waals surface area contributed by atoms with E-state index < -0.39 is 0 Å². The Morgan fingerprint density at radius 2 is 1.45 bits per heavy atom. The lowest BCUT2D eigenvalue weighted by molar-refractivity contribution is 0.414. The van der Waals surface area contributed by atoms with Gasteiger partial charge in [0.15, 0.2) is 0 Å². The summed E-state index contributed by atoms with van der Waals surface area (Å²) in [6.45, 7) is 0.705. The molecule has 0 saturated carbocycles. The molecule has 0 spiro atoms. The maximum Gasteiger partial charge on any atom is 0.118 e. The number of nitrogen functional groups attached to an aromatic ring is 1. The Morgan fingerprint density at radius 3 is 2.12 bits per heavy atom. The molecule has 0 fully saturated rings. The van der Waals surface area contributed by atoms with Crippen LogP contribution in [0.25, 0.3) is 33.3 Å². The first-order valence-corrected chi connectivity index (χ1v) is 10.9. The third-order valence-electron chi connectivity index (χ3n) is 5.79. The summed E-state index contributed by atoms with van der Waals surface area (Å²) in [6, 6.07) is 34.7. The minimum atomic E-state index is 0.705. The Kier molecular flexibility index (Phi) is 5.64. The highest BCUT2D eigenvalue weighted by Gasteiger charge is 2.16. The fourth-order valence-electron chi connectivity index (χ4n) is 4.05. The summed E-state index contributed by atoms with van der Waals surface area (Å²) in [5.41, 5.74) is 14.6. The van der Waals surface area contributed by atoms with Crippen LogP contribution < -0.4 is 15.8 Å². The van der Waals surface area contributed by atoms with Crippen LogP contribution in [0.4, 0.5) is 11.4 Å². The van der Waals surface area contributed by atoms with Crippen molar-refractivity contribution in [3.05, 3.63) is 109 Å². The van der Waals surface area contributed by atoms with Gasteiger partial charge >= 0.3 is 0 Å². The van der Waals surface area contributed by atoms with E-state index in [0.29, 0.717) is 6.54 Å². The van der Waals surface area contributed by atoms with Gasteiger partial charge in [-0.25, -0.2) is 4.98 Å². The number of fused-ring (bicyclic) bond motifs is 1. The molecule has 5 rings (SSSR count). The molecule has 4 nitrogen and oxygen atoms in total. The van der Waals surface area contributed by atoms with Gasteiger partial charge in [0.05, 0.1) is 24.0 Å². The standard InChI is InChI=1S/C29H25N3O/c1-33-24-15-12-20(13-16-24)19-31-23-14-17-26-25(18-23)28(30)27(21-8-4-2-5-9-21)29(32-26)22-10-6-3-7-11-22/h2-18,31H,19H2,1H3,(H2,30,32). The van der Waals surface area contributed by atoms with E-state index >= 15 is 0 Å². The lowest BCUT2D eigenvalue weighted by atomic mass is 9.95. The van der Waals surface area contributed by atoms with Crippen molar-refractivity contribution in [1.29, 1.82) is 0 Å². The predicted octanol–water partition coefficient (Wildman–Crippen LogP) is 6.77. The van der Waals surface area contributed by atoms with Crippen molar-refractivity contribution in [2.24, 2.45) is 0 Å². The monoisotopic (exact) mass is 431 g/mol. The molecule has 0 aliphatic rings. The maximum absolute atomic E-state index is 6.82. The largest absolute Gasteiger partial charge is 0.497 e. The zero-order valence-electron chi connectivity index (χ0n) is 18.5. The van der Waals surface area contributed by atoms with Crippen molar-refractivity contribution in [1.82, 2.24) is 4.98 Å². The highest BCUT2D eigenvalue weighted by Crippen LogP contribution is 2.40. The van der Waals surface area contributed by atoms with E-state index in [1.54, 1.807) is 7.11 Å². The number of methoxy groups -OCH3 is 1. The first-order valence-electron chi connectivity index (χ1n) is 10.9. The fourth-order valence-corrected chi connectivity index (χ4v) is 4.05. The number of anilines is 2. The lowest BCUT2D eigenvalue weighted by Crippen LogP contribution is -2.02. The fraction of sp³-hybridized carbons (Fsp3) is 0.0690. The average molecular weight is 432 g/mol. The van der Waals surface area contributed by atoms with Crippen LogP contribution in [0.15, 0.2) is 103 Å². The first kappa shape index (κ1) is 20.6. The minimum absolute atomic E-state index is 0.705. The van der Waals surface area contributed by atoms with Crippen molar-refractivity contribution in [3.63, 3.8) is 0 Å². The molecule has 33 heavy (non-hydrogen) atoms. The van der Waals surface area contributed by atoms with Crippen LogP contribution in [0, 0.1) is 0 Å². The molecule has 0 aliphatic heterocycles. The quantitative estimate of drug-likeness (QED) is 0.311. The van der Waals surface area contributed by atoms with Gasteiger partial charge in [-0.1, -0.05) is 72.8 Å². The van der Waals surface area contributed by atoms with Gasteiger partial charge in [0.25, 0.3) is 0 Å². The van der Waals surface area contributed by atoms with Crippen LogP contribution in [-0.2, 0) is 6.54 Å². The van der Waals surface area contributed by atoms with Gasteiger partial charge in [0, 0.05) is 28.7 Å². The predicted molar refractivity (Wildman–Crippen MR) is 137 cm³/mol. The van der Waals surface area contributed by atoms with Gasteiger partial charge in [0.1, 0.15) is 5.75 Å². The molecular formula is C29H25N3O. The number of ether oxygens (including phenoxy) is 1. The summed E-state index contributed by atoms with van der Waals surface area (Å²) in [6.07, 6.45) is 0. The number of hydrogen-bond acceptors (Lipinski definition) is 4. The molecule has 162 valence electrons. The molecule has 0 atom stereocenters. The summed E-state index contributed by atoms with van der Waals surface area (Å²) in [7, 11) is 1.67. The minimum Gasteiger partial charge on any atom is -0.497 e. The molecular weight excluding hydrogens is 406 g/mol. The van der Waals surface area contributed by atoms with Crippen LogP contribution in [0.5, 0.6) is 5.75 Å². The number of hydrogen-bond donors (Lipinski definition) is 2. The molecule has 1 aromatic heterocycles. The number of nitrogens with zero attached hydrogens (tertiary/aromatic N) is 1. The van der Waals surface area contributed by atoms with E-state index in [2.05, 4.69) is 53.8 Å². The summed E-state index contributed by atoms with van der Waals surface area (Å²) < 4.78 is 5.24. The Bertz CT molecular complexity index is 1380. The number of rotatable bonds is 6. The Hall–Kier alpha value is -4.31. The van der Waals surface area contributed by atoms with Crippen LogP contribution in [0.1, 0.15) is 5.56 Å². The number of aromatic nitrogens is 1. The van der Waals surface area contributed by atoms with Gasteiger partial charge in [-0.3, -0.25) is 0 Å². The summed E-state index contributed by atoms with van der Waals surface area (Å²) in [5.74, 6) is 0.853. The van der Waals surface area contributed by atoms with E-state index in [0.717, 1.165) is 50.4 Å². The van der Waals surface area contributed by atoms with E-state index in [9.17, 15) is 0 Å². The number of benzene rings is 4. The third-order valence-corrected chi connectivity index (χ3v) is 5.79. The molecule has 1 heterocycles. The molecule has 0 radical (unpaired) electrons. The zero-order chi connectivity index (χ0) is 22.6. The molecule has 0 unspecified atom stereocenters.